The third-order valence-corrected chi connectivity index (χ3v) is 11.7. The van der Waals surface area contributed by atoms with Crippen LogP contribution < -0.4 is 21.3 Å². The Kier molecular flexibility index (Phi) is 13.7. The lowest BCUT2D eigenvalue weighted by Gasteiger charge is -2.25. The summed E-state index contributed by atoms with van der Waals surface area (Å²) in [4.78, 5) is 0. The average Bonchev–Trinajstić information content (AvgIpc) is 3.77. The molecule has 0 saturated carbocycles. The molecule has 0 bridgehead atoms. The summed E-state index contributed by atoms with van der Waals surface area (Å²) in [5.41, 5.74) is 18.5. The largest absolute Gasteiger partial charge is 0.468 e. The molecule has 7 aromatic rings. The Hall–Kier alpha value is -6.20. The third-order valence-electron chi connectivity index (χ3n) is 11.7. The summed E-state index contributed by atoms with van der Waals surface area (Å²) in [6.07, 6.45) is 3.39. The molecule has 3 unspecified atom stereocenters. The van der Waals surface area contributed by atoms with E-state index in [2.05, 4.69) is 217 Å². The van der Waals surface area contributed by atoms with Crippen LogP contribution in [0.25, 0.3) is 0 Å². The predicted octanol–water partition coefficient (Wildman–Crippen LogP) is 14.6. The minimum atomic E-state index is -0.0676. The number of furan rings is 1. The van der Waals surface area contributed by atoms with E-state index in [1.807, 2.05) is 6.07 Å². The summed E-state index contributed by atoms with van der Waals surface area (Å²) in [5, 5.41) is 15.1. The molecule has 314 valence electrons. The van der Waals surface area contributed by atoms with Gasteiger partial charge in [-0.3, -0.25) is 0 Å². The molecule has 5 nitrogen and oxygen atoms in total. The van der Waals surface area contributed by atoms with Gasteiger partial charge in [-0.25, -0.2) is 0 Å². The number of nitrogens with one attached hydrogen (secondary N) is 4. The van der Waals surface area contributed by atoms with E-state index in [0.717, 1.165) is 30.0 Å². The molecule has 6 aromatic carbocycles. The second-order valence-electron chi connectivity index (χ2n) is 17.5. The standard InChI is InChI=1S/C56H64N4O/c1-36(2)57-55-38(5)29-48(30-39(55)6)54(53-21-16-28-61-53)49-31-40(7)56(58-37(3)4)50(34-49)33-47-35-52(60-42(9)45-19-14-11-15-20-45)27-24-46(47)32-43-22-25-51(26-23-43)59-41(8)44-17-12-10-13-18-44/h10-31,34-37,41-42,54,57-60H,32-33H2,1-9H3. The number of rotatable bonds is 17. The zero-order chi connectivity index (χ0) is 43.0. The Morgan fingerprint density at radius 3 is 1.51 bits per heavy atom. The van der Waals surface area contributed by atoms with E-state index >= 15 is 0 Å². The van der Waals surface area contributed by atoms with Gasteiger partial charge in [0.05, 0.1) is 12.2 Å². The monoisotopic (exact) mass is 809 g/mol. The van der Waals surface area contributed by atoms with E-state index in [9.17, 15) is 0 Å². The van der Waals surface area contributed by atoms with Crippen molar-refractivity contribution in [3.8, 4) is 0 Å². The number of hydrogen-bond donors (Lipinski definition) is 4. The minimum Gasteiger partial charge on any atom is -0.468 e. The van der Waals surface area contributed by atoms with Crippen LogP contribution in [-0.4, -0.2) is 12.1 Å². The predicted molar refractivity (Wildman–Crippen MR) is 260 cm³/mol. The molecule has 0 aliphatic carbocycles. The molecule has 7 rings (SSSR count). The molecule has 1 aromatic heterocycles. The smallest absolute Gasteiger partial charge is 0.115 e. The van der Waals surface area contributed by atoms with Crippen LogP contribution in [0.15, 0.2) is 150 Å². The van der Waals surface area contributed by atoms with Gasteiger partial charge in [-0.15, -0.1) is 0 Å². The molecule has 0 aliphatic rings. The number of hydrogen-bond acceptors (Lipinski definition) is 5. The lowest BCUT2D eigenvalue weighted by molar-refractivity contribution is 0.503. The van der Waals surface area contributed by atoms with Crippen molar-refractivity contribution >= 4 is 22.7 Å². The van der Waals surface area contributed by atoms with Gasteiger partial charge in [0.25, 0.3) is 0 Å². The molecule has 0 aliphatic heterocycles. The van der Waals surface area contributed by atoms with Crippen LogP contribution in [-0.2, 0) is 12.8 Å². The van der Waals surface area contributed by atoms with E-state index in [4.69, 9.17) is 4.42 Å². The molecule has 0 saturated heterocycles. The first-order valence-corrected chi connectivity index (χ1v) is 22.1. The lowest BCUT2D eigenvalue weighted by Crippen LogP contribution is -2.15. The van der Waals surface area contributed by atoms with Gasteiger partial charge in [0, 0.05) is 46.9 Å². The van der Waals surface area contributed by atoms with E-state index < -0.39 is 0 Å². The zero-order valence-corrected chi connectivity index (χ0v) is 37.6. The second kappa shape index (κ2) is 19.5. The fourth-order valence-electron chi connectivity index (χ4n) is 8.70. The Balaban J connectivity index is 1.28. The molecule has 0 fully saturated rings. The molecular weight excluding hydrogens is 745 g/mol. The third kappa shape index (κ3) is 10.8. The summed E-state index contributed by atoms with van der Waals surface area (Å²) in [7, 11) is 0. The van der Waals surface area contributed by atoms with E-state index in [-0.39, 0.29) is 24.0 Å². The Labute approximate surface area is 365 Å². The number of anilines is 4. The summed E-state index contributed by atoms with van der Waals surface area (Å²) < 4.78 is 6.25. The molecule has 4 N–H and O–H groups in total. The van der Waals surface area contributed by atoms with Crippen LogP contribution >= 0.6 is 0 Å². The van der Waals surface area contributed by atoms with Gasteiger partial charge in [0.15, 0.2) is 0 Å². The van der Waals surface area contributed by atoms with E-state index in [1.54, 1.807) is 6.26 Å². The Morgan fingerprint density at radius 2 is 0.951 bits per heavy atom. The number of aryl methyl sites for hydroxylation is 3. The van der Waals surface area contributed by atoms with E-state index in [1.165, 1.54) is 72.6 Å². The van der Waals surface area contributed by atoms with Gasteiger partial charge in [-0.05, 0) is 173 Å². The fraction of sp³-hybridized carbons (Fsp3) is 0.286. The summed E-state index contributed by atoms with van der Waals surface area (Å²) in [6, 6.07) is 51.8. The van der Waals surface area contributed by atoms with Crippen molar-refractivity contribution in [1.82, 2.24) is 0 Å². The first-order valence-electron chi connectivity index (χ1n) is 22.1. The van der Waals surface area contributed by atoms with Crippen molar-refractivity contribution in [2.24, 2.45) is 0 Å². The summed E-state index contributed by atoms with van der Waals surface area (Å²) in [5.74, 6) is 0.873. The van der Waals surface area contributed by atoms with Crippen molar-refractivity contribution < 1.29 is 4.42 Å². The van der Waals surface area contributed by atoms with Crippen LogP contribution in [0, 0.1) is 20.8 Å². The average molecular weight is 809 g/mol. The molecule has 3 atom stereocenters. The van der Waals surface area contributed by atoms with Crippen molar-refractivity contribution in [2.45, 2.75) is 105 Å². The highest BCUT2D eigenvalue weighted by Gasteiger charge is 2.24. The highest BCUT2D eigenvalue weighted by molar-refractivity contribution is 5.65. The van der Waals surface area contributed by atoms with Crippen LogP contribution in [0.4, 0.5) is 22.7 Å². The Bertz CT molecular complexity index is 2460. The molecule has 61 heavy (non-hydrogen) atoms. The van der Waals surface area contributed by atoms with Gasteiger partial charge in [-0.1, -0.05) is 103 Å². The van der Waals surface area contributed by atoms with Crippen LogP contribution in [0.3, 0.4) is 0 Å². The highest BCUT2D eigenvalue weighted by atomic mass is 16.3. The zero-order valence-electron chi connectivity index (χ0n) is 37.6. The molecule has 5 heteroatoms. The van der Waals surface area contributed by atoms with Gasteiger partial charge < -0.3 is 25.7 Å². The maximum atomic E-state index is 6.25. The first kappa shape index (κ1) is 42.9. The topological polar surface area (TPSA) is 61.3 Å². The van der Waals surface area contributed by atoms with Gasteiger partial charge in [0.1, 0.15) is 5.76 Å². The van der Waals surface area contributed by atoms with Crippen molar-refractivity contribution in [3.63, 3.8) is 0 Å². The van der Waals surface area contributed by atoms with Crippen LogP contribution in [0.2, 0.25) is 0 Å². The minimum absolute atomic E-state index is 0.0676. The van der Waals surface area contributed by atoms with Crippen LogP contribution in [0.5, 0.6) is 0 Å². The van der Waals surface area contributed by atoms with E-state index in [0.29, 0.717) is 6.04 Å². The van der Waals surface area contributed by atoms with Gasteiger partial charge >= 0.3 is 0 Å². The molecular formula is C56H64N4O. The molecule has 0 radical (unpaired) electrons. The summed E-state index contributed by atoms with van der Waals surface area (Å²) >= 11 is 0. The van der Waals surface area contributed by atoms with Crippen LogP contribution in [0.1, 0.15) is 127 Å². The second-order valence-corrected chi connectivity index (χ2v) is 17.5. The number of benzene rings is 6. The van der Waals surface area contributed by atoms with Crippen molar-refractivity contribution in [3.05, 3.63) is 213 Å². The SMILES string of the molecule is Cc1cc(C(c2cc(C)c(NC(C)C)c(Cc3cc(NC(C)c4ccccc4)ccc3Cc3ccc(NC(C)c4ccccc4)cc3)c2)c2ccco2)cc(C)c1NC(C)C. The maximum Gasteiger partial charge on any atom is 0.115 e. The fourth-order valence-corrected chi connectivity index (χ4v) is 8.70. The normalized spacial score (nSPS) is 12.9. The highest BCUT2D eigenvalue weighted by Crippen LogP contribution is 2.39. The maximum absolute atomic E-state index is 6.25. The Morgan fingerprint density at radius 1 is 0.426 bits per heavy atom. The lowest BCUT2D eigenvalue weighted by atomic mass is 9.83. The molecule has 0 amide bonds. The van der Waals surface area contributed by atoms with Crippen molar-refractivity contribution in [2.75, 3.05) is 21.3 Å². The molecule has 0 spiro atoms. The molecule has 1 heterocycles. The quantitative estimate of drug-likeness (QED) is 0.0738. The van der Waals surface area contributed by atoms with Gasteiger partial charge in [0.2, 0.25) is 0 Å². The summed E-state index contributed by atoms with van der Waals surface area (Å²) in [6.45, 7) is 19.9. The first-order chi connectivity index (χ1) is 29.4. The van der Waals surface area contributed by atoms with Crippen molar-refractivity contribution in [1.29, 1.82) is 0 Å². The van der Waals surface area contributed by atoms with Gasteiger partial charge in [-0.2, -0.15) is 0 Å².